The number of aromatic nitrogens is 2. The molecule has 0 atom stereocenters. The Morgan fingerprint density at radius 3 is 2.61 bits per heavy atom. The van der Waals surface area contributed by atoms with Crippen molar-refractivity contribution in [2.75, 3.05) is 32.9 Å². The number of para-hydroxylation sites is 1. The molecular weight excluding hydrogens is 298 g/mol. The van der Waals surface area contributed by atoms with E-state index in [0.29, 0.717) is 32.0 Å². The van der Waals surface area contributed by atoms with Crippen LogP contribution in [0, 0.1) is 0 Å². The van der Waals surface area contributed by atoms with Gasteiger partial charge in [0.05, 0.1) is 18.9 Å². The highest BCUT2D eigenvalue weighted by Crippen LogP contribution is 2.07. The first-order chi connectivity index (χ1) is 11.2. The highest BCUT2D eigenvalue weighted by molar-refractivity contribution is 5.77. The predicted octanol–water partition coefficient (Wildman–Crippen LogP) is 0.470. The van der Waals surface area contributed by atoms with Crippen LogP contribution < -0.4 is 10.3 Å². The predicted molar refractivity (Wildman–Crippen MR) is 82.7 cm³/mol. The smallest absolute Gasteiger partial charge is 0.271 e. The fraction of sp³-hybridized carbons (Fsp3) is 0.312. The van der Waals surface area contributed by atoms with Crippen molar-refractivity contribution < 1.29 is 14.3 Å². The number of carbonyl (C=O) groups excluding carboxylic acids is 1. The zero-order chi connectivity index (χ0) is 16.1. The highest BCUT2D eigenvalue weighted by atomic mass is 16.5. The van der Waals surface area contributed by atoms with Gasteiger partial charge in [0.1, 0.15) is 0 Å². The Morgan fingerprint density at radius 1 is 1.13 bits per heavy atom. The molecule has 1 saturated heterocycles. The quantitative estimate of drug-likeness (QED) is 0.820. The van der Waals surface area contributed by atoms with Gasteiger partial charge in [0, 0.05) is 25.2 Å². The normalized spacial score (nSPS) is 14.5. The molecule has 0 N–H and O–H groups in total. The lowest BCUT2D eigenvalue weighted by Crippen LogP contribution is -2.43. The van der Waals surface area contributed by atoms with Crippen molar-refractivity contribution in [2.45, 2.75) is 0 Å². The number of rotatable bonds is 4. The lowest BCUT2D eigenvalue weighted by molar-refractivity contribution is -0.137. The maximum absolute atomic E-state index is 12.0. The van der Waals surface area contributed by atoms with E-state index in [4.69, 9.17) is 9.47 Å². The lowest BCUT2D eigenvalue weighted by Gasteiger charge is -2.26. The summed E-state index contributed by atoms with van der Waals surface area (Å²) in [5, 5.41) is 4.15. The van der Waals surface area contributed by atoms with Crippen molar-refractivity contribution in [3.8, 4) is 11.6 Å². The fourth-order valence-corrected chi connectivity index (χ4v) is 2.27. The maximum atomic E-state index is 12.0. The van der Waals surface area contributed by atoms with E-state index < -0.39 is 0 Å². The van der Waals surface area contributed by atoms with Crippen molar-refractivity contribution in [1.82, 2.24) is 14.7 Å². The van der Waals surface area contributed by atoms with Gasteiger partial charge in [-0.3, -0.25) is 9.59 Å². The third-order valence-electron chi connectivity index (χ3n) is 3.48. The summed E-state index contributed by atoms with van der Waals surface area (Å²) in [6, 6.07) is 11.9. The molecule has 0 saturated carbocycles. The van der Waals surface area contributed by atoms with Crippen molar-refractivity contribution in [3.05, 3.63) is 52.8 Å². The molecular formula is C16H17N3O4. The van der Waals surface area contributed by atoms with Gasteiger partial charge in [-0.2, -0.15) is 4.68 Å². The zero-order valence-corrected chi connectivity index (χ0v) is 12.6. The first-order valence-electron chi connectivity index (χ1n) is 7.38. The van der Waals surface area contributed by atoms with Crippen molar-refractivity contribution in [2.24, 2.45) is 0 Å². The van der Waals surface area contributed by atoms with E-state index in [1.54, 1.807) is 17.0 Å². The Morgan fingerprint density at radius 2 is 1.87 bits per heavy atom. The van der Waals surface area contributed by atoms with E-state index in [1.165, 1.54) is 16.8 Å². The summed E-state index contributed by atoms with van der Waals surface area (Å²) in [6.45, 7) is 2.12. The summed E-state index contributed by atoms with van der Waals surface area (Å²) in [7, 11) is 0. The SMILES string of the molecule is O=C(COc1ccc(=O)n(-c2ccccc2)n1)N1CCOCC1. The minimum absolute atomic E-state index is 0.111. The van der Waals surface area contributed by atoms with Crippen LogP contribution in [0.25, 0.3) is 5.69 Å². The molecule has 1 aliphatic rings. The molecule has 2 heterocycles. The standard InChI is InChI=1S/C16H17N3O4/c20-15-7-6-14(17-19(15)13-4-2-1-3-5-13)23-12-16(21)18-8-10-22-11-9-18/h1-7H,8-12H2. The van der Waals surface area contributed by atoms with Crippen LogP contribution in [0.15, 0.2) is 47.3 Å². The summed E-state index contributed by atoms with van der Waals surface area (Å²) in [6.07, 6.45) is 0. The van der Waals surface area contributed by atoms with Crippen LogP contribution in [0.2, 0.25) is 0 Å². The topological polar surface area (TPSA) is 73.7 Å². The molecule has 7 heteroatoms. The Labute approximate surface area is 133 Å². The third kappa shape index (κ3) is 3.75. The number of carbonyl (C=O) groups is 1. The summed E-state index contributed by atoms with van der Waals surface area (Å²) >= 11 is 0. The largest absolute Gasteiger partial charge is 0.467 e. The molecule has 0 aliphatic carbocycles. The van der Waals surface area contributed by atoms with E-state index in [9.17, 15) is 9.59 Å². The van der Waals surface area contributed by atoms with Gasteiger partial charge in [0.15, 0.2) is 6.61 Å². The van der Waals surface area contributed by atoms with Gasteiger partial charge in [-0.1, -0.05) is 18.2 Å². The minimum Gasteiger partial charge on any atom is -0.467 e. The molecule has 1 amide bonds. The van der Waals surface area contributed by atoms with E-state index in [-0.39, 0.29) is 24.0 Å². The Hall–Kier alpha value is -2.67. The average Bonchev–Trinajstić information content (AvgIpc) is 2.62. The summed E-state index contributed by atoms with van der Waals surface area (Å²) in [5.41, 5.74) is 0.380. The van der Waals surface area contributed by atoms with Gasteiger partial charge in [-0.15, -0.1) is 5.10 Å². The summed E-state index contributed by atoms with van der Waals surface area (Å²) in [4.78, 5) is 25.6. The van der Waals surface area contributed by atoms with Crippen LogP contribution >= 0.6 is 0 Å². The molecule has 0 radical (unpaired) electrons. The van der Waals surface area contributed by atoms with Gasteiger partial charge < -0.3 is 14.4 Å². The zero-order valence-electron chi connectivity index (χ0n) is 12.6. The number of nitrogens with zero attached hydrogens (tertiary/aromatic N) is 3. The number of amides is 1. The molecule has 7 nitrogen and oxygen atoms in total. The number of hydrogen-bond donors (Lipinski definition) is 0. The van der Waals surface area contributed by atoms with Crippen molar-refractivity contribution in [3.63, 3.8) is 0 Å². The van der Waals surface area contributed by atoms with Crippen LogP contribution in [0.1, 0.15) is 0 Å². The fourth-order valence-electron chi connectivity index (χ4n) is 2.27. The van der Waals surface area contributed by atoms with Gasteiger partial charge in [0.2, 0.25) is 5.88 Å². The monoisotopic (exact) mass is 315 g/mol. The molecule has 2 aromatic rings. The molecule has 23 heavy (non-hydrogen) atoms. The minimum atomic E-state index is -0.261. The van der Waals surface area contributed by atoms with Crippen LogP contribution in [0.3, 0.4) is 0 Å². The molecule has 0 spiro atoms. The highest BCUT2D eigenvalue weighted by Gasteiger charge is 2.17. The van der Waals surface area contributed by atoms with E-state index in [1.807, 2.05) is 18.2 Å². The molecule has 0 unspecified atom stereocenters. The van der Waals surface area contributed by atoms with Gasteiger partial charge in [-0.05, 0) is 12.1 Å². The third-order valence-corrected chi connectivity index (χ3v) is 3.48. The van der Waals surface area contributed by atoms with E-state index in [0.717, 1.165) is 0 Å². The second kappa shape index (κ2) is 7.06. The van der Waals surface area contributed by atoms with Gasteiger partial charge in [0.25, 0.3) is 11.5 Å². The van der Waals surface area contributed by atoms with Crippen LogP contribution in [0.5, 0.6) is 5.88 Å². The van der Waals surface area contributed by atoms with Crippen LogP contribution in [-0.2, 0) is 9.53 Å². The van der Waals surface area contributed by atoms with E-state index >= 15 is 0 Å². The Bertz CT molecular complexity index is 724. The Balaban J connectivity index is 1.69. The van der Waals surface area contributed by atoms with Gasteiger partial charge in [-0.25, -0.2) is 0 Å². The van der Waals surface area contributed by atoms with Crippen molar-refractivity contribution in [1.29, 1.82) is 0 Å². The second-order valence-electron chi connectivity index (χ2n) is 5.04. The van der Waals surface area contributed by atoms with Gasteiger partial charge >= 0.3 is 0 Å². The first-order valence-corrected chi connectivity index (χ1v) is 7.38. The number of hydrogen-bond acceptors (Lipinski definition) is 5. The molecule has 0 bridgehead atoms. The maximum Gasteiger partial charge on any atom is 0.271 e. The molecule has 3 rings (SSSR count). The summed E-state index contributed by atoms with van der Waals surface area (Å²) in [5.74, 6) is 0.114. The number of morpholine rings is 1. The number of benzene rings is 1. The van der Waals surface area contributed by atoms with E-state index in [2.05, 4.69) is 5.10 Å². The van der Waals surface area contributed by atoms with Crippen molar-refractivity contribution >= 4 is 5.91 Å². The first kappa shape index (κ1) is 15.2. The van der Waals surface area contributed by atoms with Crippen LogP contribution in [-0.4, -0.2) is 53.5 Å². The molecule has 120 valence electrons. The van der Waals surface area contributed by atoms with Crippen LogP contribution in [0.4, 0.5) is 0 Å². The molecule has 1 fully saturated rings. The Kier molecular flexibility index (Phi) is 4.68. The number of ether oxygens (including phenoxy) is 2. The molecule has 1 aromatic carbocycles. The molecule has 1 aliphatic heterocycles. The molecule has 1 aromatic heterocycles. The summed E-state index contributed by atoms with van der Waals surface area (Å²) < 4.78 is 11.9. The lowest BCUT2D eigenvalue weighted by atomic mass is 10.3. The second-order valence-corrected chi connectivity index (χ2v) is 5.04. The average molecular weight is 315 g/mol.